The molecule has 0 aliphatic carbocycles. The van der Waals surface area contributed by atoms with Gasteiger partial charge in [0.2, 0.25) is 0 Å². The van der Waals surface area contributed by atoms with Gasteiger partial charge in [0.15, 0.2) is 0 Å². The molecule has 0 fully saturated rings. The SMILES string of the molecule is COC(=O)C(C)=C(CC(=O)O)[N+](=O)[O-]. The highest BCUT2D eigenvalue weighted by Gasteiger charge is 2.23. The van der Waals surface area contributed by atoms with Gasteiger partial charge in [0.05, 0.1) is 12.0 Å². The average molecular weight is 203 g/mol. The molecule has 7 nitrogen and oxygen atoms in total. The fourth-order valence-corrected chi connectivity index (χ4v) is 0.748. The molecular formula is C7H9NO6. The second kappa shape index (κ2) is 4.95. The summed E-state index contributed by atoms with van der Waals surface area (Å²) < 4.78 is 4.23. The van der Waals surface area contributed by atoms with Gasteiger partial charge in [0.1, 0.15) is 12.0 Å². The smallest absolute Gasteiger partial charge is 0.340 e. The zero-order chi connectivity index (χ0) is 11.3. The Hall–Kier alpha value is -1.92. The molecule has 0 aromatic heterocycles. The molecular weight excluding hydrogens is 194 g/mol. The first-order chi connectivity index (χ1) is 6.40. The highest BCUT2D eigenvalue weighted by Crippen LogP contribution is 2.10. The normalized spacial score (nSPS) is 11.6. The van der Waals surface area contributed by atoms with Crippen molar-refractivity contribution in [3.05, 3.63) is 21.4 Å². The number of carbonyl (C=O) groups excluding carboxylic acids is 1. The molecule has 0 aliphatic heterocycles. The van der Waals surface area contributed by atoms with Crippen molar-refractivity contribution in [2.45, 2.75) is 13.3 Å². The number of carboxylic acid groups (broad SMARTS) is 1. The van der Waals surface area contributed by atoms with E-state index < -0.39 is 29.0 Å². The van der Waals surface area contributed by atoms with Crippen molar-refractivity contribution in [1.82, 2.24) is 0 Å². The van der Waals surface area contributed by atoms with Crippen LogP contribution in [0.4, 0.5) is 0 Å². The molecule has 78 valence electrons. The van der Waals surface area contributed by atoms with Gasteiger partial charge in [-0.25, -0.2) is 4.79 Å². The second-order valence-electron chi connectivity index (χ2n) is 2.39. The molecule has 0 spiro atoms. The van der Waals surface area contributed by atoms with Crippen LogP contribution in [0.25, 0.3) is 0 Å². The highest BCUT2D eigenvalue weighted by molar-refractivity contribution is 5.89. The number of ether oxygens (including phenoxy) is 1. The molecule has 14 heavy (non-hydrogen) atoms. The third-order valence-electron chi connectivity index (χ3n) is 1.46. The van der Waals surface area contributed by atoms with Crippen LogP contribution in [-0.2, 0) is 14.3 Å². The predicted molar refractivity (Wildman–Crippen MR) is 44.0 cm³/mol. The number of esters is 1. The summed E-state index contributed by atoms with van der Waals surface area (Å²) in [5.74, 6) is -2.28. The van der Waals surface area contributed by atoms with E-state index in [0.29, 0.717) is 0 Å². The molecule has 0 amide bonds. The first-order valence-corrected chi connectivity index (χ1v) is 3.54. The Morgan fingerprint density at radius 1 is 1.50 bits per heavy atom. The molecule has 0 aliphatic rings. The van der Waals surface area contributed by atoms with Crippen LogP contribution in [0, 0.1) is 10.1 Å². The Balaban J connectivity index is 5.05. The summed E-state index contributed by atoms with van der Waals surface area (Å²) in [5, 5.41) is 18.7. The number of carboxylic acids is 1. The van der Waals surface area contributed by atoms with Crippen LogP contribution < -0.4 is 0 Å². The van der Waals surface area contributed by atoms with E-state index in [1.54, 1.807) is 0 Å². The number of hydrogen-bond acceptors (Lipinski definition) is 5. The van der Waals surface area contributed by atoms with Crippen LogP contribution in [0.15, 0.2) is 11.3 Å². The monoisotopic (exact) mass is 203 g/mol. The van der Waals surface area contributed by atoms with Gasteiger partial charge in [0.25, 0.3) is 5.70 Å². The van der Waals surface area contributed by atoms with Crippen molar-refractivity contribution in [1.29, 1.82) is 0 Å². The third kappa shape index (κ3) is 3.21. The molecule has 0 bridgehead atoms. The molecule has 0 saturated carbocycles. The molecule has 0 rings (SSSR count). The molecule has 0 saturated heterocycles. The number of nitro groups is 1. The molecule has 1 N–H and O–H groups in total. The quantitative estimate of drug-likeness (QED) is 0.302. The minimum Gasteiger partial charge on any atom is -0.481 e. The summed E-state index contributed by atoms with van der Waals surface area (Å²) in [6.07, 6.45) is -0.812. The molecule has 7 heteroatoms. The summed E-state index contributed by atoms with van der Waals surface area (Å²) >= 11 is 0. The Bertz CT molecular complexity index is 305. The van der Waals surface area contributed by atoms with Crippen molar-refractivity contribution in [3.8, 4) is 0 Å². The first kappa shape index (κ1) is 12.1. The van der Waals surface area contributed by atoms with E-state index in [1.165, 1.54) is 0 Å². The van der Waals surface area contributed by atoms with Crippen LogP contribution in [0.1, 0.15) is 13.3 Å². The van der Waals surface area contributed by atoms with E-state index in [0.717, 1.165) is 14.0 Å². The summed E-state index contributed by atoms with van der Waals surface area (Å²) in [7, 11) is 1.06. The van der Waals surface area contributed by atoms with E-state index in [4.69, 9.17) is 5.11 Å². The van der Waals surface area contributed by atoms with Crippen LogP contribution in [0.2, 0.25) is 0 Å². The van der Waals surface area contributed by atoms with Gasteiger partial charge in [-0.05, 0) is 6.92 Å². The lowest BCUT2D eigenvalue weighted by Crippen LogP contribution is -2.13. The molecule has 0 radical (unpaired) electrons. The van der Waals surface area contributed by atoms with E-state index in [9.17, 15) is 19.7 Å². The van der Waals surface area contributed by atoms with Gasteiger partial charge in [0, 0.05) is 0 Å². The number of carbonyl (C=O) groups is 2. The standard InChI is InChI=1S/C7H9NO6/c1-4(7(11)14-2)5(8(12)13)3-6(9)10/h3H2,1-2H3,(H,9,10). The number of aliphatic carboxylic acids is 1. The first-order valence-electron chi connectivity index (χ1n) is 3.54. The maximum atomic E-state index is 10.9. The van der Waals surface area contributed by atoms with Crippen LogP contribution in [0.3, 0.4) is 0 Å². The van der Waals surface area contributed by atoms with Crippen molar-refractivity contribution in [2.75, 3.05) is 7.11 Å². The lowest BCUT2D eigenvalue weighted by Gasteiger charge is -2.00. The van der Waals surface area contributed by atoms with E-state index in [1.807, 2.05) is 0 Å². The minimum atomic E-state index is -1.38. The van der Waals surface area contributed by atoms with E-state index >= 15 is 0 Å². The van der Waals surface area contributed by atoms with Crippen molar-refractivity contribution in [2.24, 2.45) is 0 Å². The number of hydrogen-bond donors (Lipinski definition) is 1. The van der Waals surface area contributed by atoms with Crippen LogP contribution in [-0.4, -0.2) is 29.1 Å². The molecule has 0 heterocycles. The summed E-state index contributed by atoms with van der Waals surface area (Å²) in [6.45, 7) is 1.15. The van der Waals surface area contributed by atoms with Gasteiger partial charge < -0.3 is 9.84 Å². The summed E-state index contributed by atoms with van der Waals surface area (Å²) in [6, 6.07) is 0. The molecule has 0 aromatic rings. The zero-order valence-corrected chi connectivity index (χ0v) is 7.64. The van der Waals surface area contributed by atoms with Gasteiger partial charge in [-0.3, -0.25) is 14.9 Å². The molecule has 0 aromatic carbocycles. The lowest BCUT2D eigenvalue weighted by atomic mass is 10.2. The van der Waals surface area contributed by atoms with Crippen molar-refractivity contribution >= 4 is 11.9 Å². The number of methoxy groups -OCH3 is 1. The Labute approximate surface area is 79.1 Å². The fraction of sp³-hybridized carbons (Fsp3) is 0.429. The highest BCUT2D eigenvalue weighted by atomic mass is 16.6. The minimum absolute atomic E-state index is 0.306. The van der Waals surface area contributed by atoms with Gasteiger partial charge in [-0.1, -0.05) is 0 Å². The van der Waals surface area contributed by atoms with Crippen molar-refractivity contribution in [3.63, 3.8) is 0 Å². The second-order valence-corrected chi connectivity index (χ2v) is 2.39. The third-order valence-corrected chi connectivity index (χ3v) is 1.46. The summed E-state index contributed by atoms with van der Waals surface area (Å²) in [5.41, 5.74) is -0.968. The lowest BCUT2D eigenvalue weighted by molar-refractivity contribution is -0.427. The Morgan fingerprint density at radius 3 is 2.29 bits per heavy atom. The van der Waals surface area contributed by atoms with E-state index in [-0.39, 0.29) is 5.57 Å². The maximum Gasteiger partial charge on any atom is 0.340 e. The van der Waals surface area contributed by atoms with Gasteiger partial charge in [-0.15, -0.1) is 0 Å². The Morgan fingerprint density at radius 2 is 2.00 bits per heavy atom. The van der Waals surface area contributed by atoms with E-state index in [2.05, 4.69) is 4.74 Å². The maximum absolute atomic E-state index is 10.9. The van der Waals surface area contributed by atoms with Crippen molar-refractivity contribution < 1.29 is 24.4 Å². The zero-order valence-electron chi connectivity index (χ0n) is 7.64. The number of nitrogens with zero attached hydrogens (tertiary/aromatic N) is 1. The molecule has 0 unspecified atom stereocenters. The van der Waals surface area contributed by atoms with Crippen LogP contribution in [0.5, 0.6) is 0 Å². The largest absolute Gasteiger partial charge is 0.481 e. The van der Waals surface area contributed by atoms with Gasteiger partial charge in [-0.2, -0.15) is 0 Å². The van der Waals surface area contributed by atoms with Gasteiger partial charge >= 0.3 is 11.9 Å². The Kier molecular flexibility index (Phi) is 4.27. The number of rotatable bonds is 4. The fourth-order valence-electron chi connectivity index (χ4n) is 0.748. The average Bonchev–Trinajstić information content (AvgIpc) is 2.11. The topological polar surface area (TPSA) is 107 Å². The summed E-state index contributed by atoms with van der Waals surface area (Å²) in [4.78, 5) is 30.6. The van der Waals surface area contributed by atoms with Crippen LogP contribution >= 0.6 is 0 Å². The predicted octanol–water partition coefficient (Wildman–Crippen LogP) is 0.185. The molecule has 0 atom stereocenters.